The van der Waals surface area contributed by atoms with Crippen LogP contribution in [0.1, 0.15) is 24.8 Å². The molecule has 0 radical (unpaired) electrons. The SMILES string of the molecule is CN=C(NCc1ccc(Oc2ccc(F)cc2)nc1)NC1CCC(SC)C1. The first-order valence-electron chi connectivity index (χ1n) is 9.04. The molecule has 1 saturated carbocycles. The average molecular weight is 389 g/mol. The van der Waals surface area contributed by atoms with E-state index < -0.39 is 0 Å². The molecule has 0 amide bonds. The highest BCUT2D eigenvalue weighted by atomic mass is 32.2. The molecule has 1 aliphatic rings. The molecule has 0 saturated heterocycles. The highest BCUT2D eigenvalue weighted by Gasteiger charge is 2.24. The third kappa shape index (κ3) is 5.85. The number of pyridine rings is 1. The fourth-order valence-electron chi connectivity index (χ4n) is 3.06. The first kappa shape index (κ1) is 19.5. The lowest BCUT2D eigenvalue weighted by atomic mass is 10.2. The molecule has 7 heteroatoms. The first-order valence-corrected chi connectivity index (χ1v) is 10.3. The van der Waals surface area contributed by atoms with Crippen LogP contribution in [0.4, 0.5) is 4.39 Å². The summed E-state index contributed by atoms with van der Waals surface area (Å²) in [7, 11) is 1.79. The number of benzene rings is 1. The Morgan fingerprint density at radius 2 is 2.07 bits per heavy atom. The summed E-state index contributed by atoms with van der Waals surface area (Å²) < 4.78 is 18.5. The minimum atomic E-state index is -0.291. The molecule has 1 aromatic heterocycles. The van der Waals surface area contributed by atoms with Gasteiger partial charge < -0.3 is 15.4 Å². The Morgan fingerprint density at radius 1 is 1.26 bits per heavy atom. The molecule has 0 bridgehead atoms. The van der Waals surface area contributed by atoms with E-state index in [2.05, 4.69) is 26.9 Å². The van der Waals surface area contributed by atoms with Crippen molar-refractivity contribution in [2.75, 3.05) is 13.3 Å². The monoisotopic (exact) mass is 388 g/mol. The van der Waals surface area contributed by atoms with Crippen LogP contribution in [0.3, 0.4) is 0 Å². The van der Waals surface area contributed by atoms with Gasteiger partial charge in [0.15, 0.2) is 5.96 Å². The fourth-order valence-corrected chi connectivity index (χ4v) is 3.85. The number of ether oxygens (including phenoxy) is 1. The van der Waals surface area contributed by atoms with Gasteiger partial charge in [0, 0.05) is 37.1 Å². The maximum atomic E-state index is 12.9. The maximum Gasteiger partial charge on any atom is 0.219 e. The van der Waals surface area contributed by atoms with Crippen molar-refractivity contribution in [3.63, 3.8) is 0 Å². The van der Waals surface area contributed by atoms with Crippen LogP contribution in [0.25, 0.3) is 0 Å². The standard InChI is InChI=1S/C20H25FN4OS/c1-22-20(25-16-6-9-18(11-16)27-2)24-13-14-3-10-19(23-12-14)26-17-7-4-15(21)5-8-17/h3-5,7-8,10,12,16,18H,6,9,11,13H2,1-2H3,(H2,22,24,25). The van der Waals surface area contributed by atoms with Crippen LogP contribution in [0.5, 0.6) is 11.6 Å². The first-order chi connectivity index (χ1) is 13.2. The molecule has 27 heavy (non-hydrogen) atoms. The predicted molar refractivity (Wildman–Crippen MR) is 109 cm³/mol. The quantitative estimate of drug-likeness (QED) is 0.579. The Hall–Kier alpha value is -2.28. The summed E-state index contributed by atoms with van der Waals surface area (Å²) in [5, 5.41) is 7.58. The van der Waals surface area contributed by atoms with E-state index in [1.54, 1.807) is 31.4 Å². The van der Waals surface area contributed by atoms with Crippen molar-refractivity contribution in [1.29, 1.82) is 0 Å². The Labute approximate surface area is 163 Å². The van der Waals surface area contributed by atoms with Gasteiger partial charge in [-0.05, 0) is 55.3 Å². The summed E-state index contributed by atoms with van der Waals surface area (Å²) in [6, 6.07) is 10.1. The van der Waals surface area contributed by atoms with E-state index >= 15 is 0 Å². The molecule has 1 heterocycles. The van der Waals surface area contributed by atoms with Crippen molar-refractivity contribution >= 4 is 17.7 Å². The number of aromatic nitrogens is 1. The summed E-state index contributed by atoms with van der Waals surface area (Å²) in [6.45, 7) is 0.627. The second-order valence-electron chi connectivity index (χ2n) is 6.50. The minimum Gasteiger partial charge on any atom is -0.439 e. The van der Waals surface area contributed by atoms with Crippen molar-refractivity contribution in [3.05, 3.63) is 54.0 Å². The molecular formula is C20H25FN4OS. The van der Waals surface area contributed by atoms with Crippen molar-refractivity contribution < 1.29 is 9.13 Å². The van der Waals surface area contributed by atoms with Gasteiger partial charge in [0.2, 0.25) is 5.88 Å². The number of aliphatic imine (C=N–C) groups is 1. The lowest BCUT2D eigenvalue weighted by Gasteiger charge is -2.17. The molecule has 0 spiro atoms. The second kappa shape index (κ2) is 9.60. The van der Waals surface area contributed by atoms with Crippen molar-refractivity contribution in [1.82, 2.24) is 15.6 Å². The molecule has 2 unspecified atom stereocenters. The van der Waals surface area contributed by atoms with Gasteiger partial charge in [0.25, 0.3) is 0 Å². The third-order valence-corrected chi connectivity index (χ3v) is 5.67. The van der Waals surface area contributed by atoms with Gasteiger partial charge in [0.05, 0.1) is 0 Å². The number of thioether (sulfide) groups is 1. The van der Waals surface area contributed by atoms with Crippen LogP contribution in [0.15, 0.2) is 47.6 Å². The van der Waals surface area contributed by atoms with Crippen molar-refractivity contribution in [2.24, 2.45) is 4.99 Å². The zero-order valence-corrected chi connectivity index (χ0v) is 16.4. The molecule has 3 rings (SSSR count). The Bertz CT molecular complexity index is 752. The van der Waals surface area contributed by atoms with E-state index in [1.165, 1.54) is 31.4 Å². The Kier molecular flexibility index (Phi) is 6.92. The summed E-state index contributed by atoms with van der Waals surface area (Å²) in [5.41, 5.74) is 1.03. The molecule has 1 aromatic carbocycles. The molecule has 2 aromatic rings. The normalized spacial score (nSPS) is 19.7. The molecule has 0 aliphatic heterocycles. The van der Waals surface area contributed by atoms with Gasteiger partial charge >= 0.3 is 0 Å². The van der Waals surface area contributed by atoms with E-state index in [0.29, 0.717) is 24.2 Å². The van der Waals surface area contributed by atoms with Gasteiger partial charge in [-0.2, -0.15) is 11.8 Å². The highest BCUT2D eigenvalue weighted by molar-refractivity contribution is 7.99. The lowest BCUT2D eigenvalue weighted by Crippen LogP contribution is -2.42. The molecule has 5 nitrogen and oxygen atoms in total. The zero-order chi connectivity index (χ0) is 19.1. The van der Waals surface area contributed by atoms with Gasteiger partial charge in [-0.3, -0.25) is 4.99 Å². The van der Waals surface area contributed by atoms with Crippen LogP contribution >= 0.6 is 11.8 Å². The number of hydrogen-bond acceptors (Lipinski definition) is 4. The largest absolute Gasteiger partial charge is 0.439 e. The zero-order valence-electron chi connectivity index (χ0n) is 15.6. The molecule has 1 fully saturated rings. The number of nitrogens with zero attached hydrogens (tertiary/aromatic N) is 2. The second-order valence-corrected chi connectivity index (χ2v) is 7.64. The number of nitrogens with one attached hydrogen (secondary N) is 2. The molecule has 2 N–H and O–H groups in total. The molecule has 144 valence electrons. The van der Waals surface area contributed by atoms with E-state index in [1.807, 2.05) is 17.8 Å². The predicted octanol–water partition coefficient (Wildman–Crippen LogP) is 3.96. The smallest absolute Gasteiger partial charge is 0.219 e. The Morgan fingerprint density at radius 3 is 2.70 bits per heavy atom. The summed E-state index contributed by atoms with van der Waals surface area (Å²) >= 11 is 1.94. The van der Waals surface area contributed by atoms with Crippen LogP contribution in [0.2, 0.25) is 0 Å². The third-order valence-electron chi connectivity index (χ3n) is 4.58. The number of rotatable bonds is 6. The molecule has 1 aliphatic carbocycles. The van der Waals surface area contributed by atoms with Crippen LogP contribution in [-0.4, -0.2) is 35.5 Å². The van der Waals surface area contributed by atoms with Crippen LogP contribution < -0.4 is 15.4 Å². The van der Waals surface area contributed by atoms with Gasteiger partial charge in [-0.1, -0.05) is 6.07 Å². The van der Waals surface area contributed by atoms with Crippen molar-refractivity contribution in [2.45, 2.75) is 37.1 Å². The number of guanidine groups is 1. The summed E-state index contributed by atoms with van der Waals surface area (Å²) in [4.78, 5) is 8.62. The average Bonchev–Trinajstić information content (AvgIpc) is 3.15. The van der Waals surface area contributed by atoms with E-state index in [-0.39, 0.29) is 5.82 Å². The van der Waals surface area contributed by atoms with E-state index in [9.17, 15) is 4.39 Å². The van der Waals surface area contributed by atoms with Crippen molar-refractivity contribution in [3.8, 4) is 11.6 Å². The highest BCUT2D eigenvalue weighted by Crippen LogP contribution is 2.28. The van der Waals surface area contributed by atoms with E-state index in [4.69, 9.17) is 4.74 Å². The summed E-state index contributed by atoms with van der Waals surface area (Å²) in [5.74, 6) is 1.55. The minimum absolute atomic E-state index is 0.291. The lowest BCUT2D eigenvalue weighted by molar-refractivity contribution is 0.461. The topological polar surface area (TPSA) is 58.5 Å². The van der Waals surface area contributed by atoms with Gasteiger partial charge in [0.1, 0.15) is 11.6 Å². The molecular weight excluding hydrogens is 363 g/mol. The summed E-state index contributed by atoms with van der Waals surface area (Å²) in [6.07, 6.45) is 7.56. The number of halogens is 1. The van der Waals surface area contributed by atoms with Gasteiger partial charge in [-0.15, -0.1) is 0 Å². The van der Waals surface area contributed by atoms with Crippen LogP contribution in [-0.2, 0) is 6.54 Å². The number of hydrogen-bond donors (Lipinski definition) is 2. The molecule has 2 atom stereocenters. The van der Waals surface area contributed by atoms with Crippen LogP contribution in [0, 0.1) is 5.82 Å². The van der Waals surface area contributed by atoms with E-state index in [0.717, 1.165) is 16.8 Å². The maximum absolute atomic E-state index is 12.9. The Balaban J connectivity index is 1.48. The van der Waals surface area contributed by atoms with Gasteiger partial charge in [-0.25, -0.2) is 9.37 Å². The fraction of sp³-hybridized carbons (Fsp3) is 0.400.